The summed E-state index contributed by atoms with van der Waals surface area (Å²) >= 11 is 12.0. The summed E-state index contributed by atoms with van der Waals surface area (Å²) in [5.74, 6) is 0. The molecule has 0 aliphatic heterocycles. The monoisotopic (exact) mass is 290 g/mol. The van der Waals surface area contributed by atoms with Gasteiger partial charge in [-0.1, -0.05) is 35.3 Å². The fraction of sp³-hybridized carbons (Fsp3) is 0.133. The Balaban J connectivity index is 2.27. The normalized spacial score (nSPS) is 10.0. The van der Waals surface area contributed by atoms with Gasteiger partial charge in [0.25, 0.3) is 0 Å². The van der Waals surface area contributed by atoms with E-state index in [-0.39, 0.29) is 0 Å². The van der Waals surface area contributed by atoms with Crippen LogP contribution in [-0.4, -0.2) is 7.05 Å². The summed E-state index contributed by atoms with van der Waals surface area (Å²) in [6, 6.07) is 15.1. The molecule has 2 nitrogen and oxygen atoms in total. The maximum absolute atomic E-state index is 9.13. The molecule has 0 amide bonds. The van der Waals surface area contributed by atoms with Gasteiger partial charge in [0.15, 0.2) is 0 Å². The molecule has 96 valence electrons. The van der Waals surface area contributed by atoms with E-state index in [9.17, 15) is 0 Å². The van der Waals surface area contributed by atoms with Crippen molar-refractivity contribution in [2.45, 2.75) is 6.54 Å². The van der Waals surface area contributed by atoms with Gasteiger partial charge in [-0.3, -0.25) is 0 Å². The lowest BCUT2D eigenvalue weighted by atomic mass is 10.1. The van der Waals surface area contributed by atoms with Gasteiger partial charge in [-0.25, -0.2) is 0 Å². The lowest BCUT2D eigenvalue weighted by Gasteiger charge is -2.21. The Morgan fingerprint density at radius 1 is 1.11 bits per heavy atom. The van der Waals surface area contributed by atoms with Crippen molar-refractivity contribution in [1.82, 2.24) is 0 Å². The van der Waals surface area contributed by atoms with E-state index in [4.69, 9.17) is 28.5 Å². The van der Waals surface area contributed by atoms with Crippen molar-refractivity contribution in [3.8, 4) is 6.07 Å². The molecular formula is C15H12Cl2N2. The Labute approximate surface area is 122 Å². The van der Waals surface area contributed by atoms with Crippen molar-refractivity contribution in [2.24, 2.45) is 0 Å². The summed E-state index contributed by atoms with van der Waals surface area (Å²) in [5.41, 5.74) is 2.50. The third kappa shape index (κ3) is 3.41. The second kappa shape index (κ2) is 5.97. The van der Waals surface area contributed by atoms with E-state index in [0.717, 1.165) is 11.3 Å². The van der Waals surface area contributed by atoms with Crippen LogP contribution < -0.4 is 4.90 Å². The minimum Gasteiger partial charge on any atom is -0.369 e. The summed E-state index contributed by atoms with van der Waals surface area (Å²) < 4.78 is 0. The maximum atomic E-state index is 9.13. The van der Waals surface area contributed by atoms with Gasteiger partial charge in [0.2, 0.25) is 0 Å². The number of halogens is 2. The average molecular weight is 291 g/mol. The smallest absolute Gasteiger partial charge is 0.101 e. The molecular weight excluding hydrogens is 279 g/mol. The van der Waals surface area contributed by atoms with E-state index in [0.29, 0.717) is 22.2 Å². The molecule has 2 rings (SSSR count). The molecule has 0 fully saturated rings. The standard InChI is InChI=1S/C15H12Cl2N2/c1-19(10-11-3-2-4-13(16)7-11)15-8-14(17)6-5-12(15)9-18/h2-8H,10H2,1H3. The molecule has 0 aliphatic carbocycles. The van der Waals surface area contributed by atoms with Crippen LogP contribution in [0.5, 0.6) is 0 Å². The molecule has 0 aromatic heterocycles. The molecule has 2 aromatic rings. The Bertz CT molecular complexity index is 632. The largest absolute Gasteiger partial charge is 0.369 e. The van der Waals surface area contributed by atoms with Crippen LogP contribution in [0.4, 0.5) is 5.69 Å². The zero-order valence-electron chi connectivity index (χ0n) is 10.4. The van der Waals surface area contributed by atoms with Crippen molar-refractivity contribution < 1.29 is 0 Å². The van der Waals surface area contributed by atoms with Crippen LogP contribution in [0.25, 0.3) is 0 Å². The van der Waals surface area contributed by atoms with Gasteiger partial charge in [0.05, 0.1) is 11.3 Å². The zero-order chi connectivity index (χ0) is 13.8. The highest BCUT2D eigenvalue weighted by Gasteiger charge is 2.09. The van der Waals surface area contributed by atoms with E-state index in [1.807, 2.05) is 36.2 Å². The topological polar surface area (TPSA) is 27.0 Å². The number of hydrogen-bond acceptors (Lipinski definition) is 2. The highest BCUT2D eigenvalue weighted by atomic mass is 35.5. The fourth-order valence-corrected chi connectivity index (χ4v) is 2.29. The van der Waals surface area contributed by atoms with E-state index in [1.165, 1.54) is 0 Å². The minimum atomic E-state index is 0.605. The number of anilines is 1. The van der Waals surface area contributed by atoms with Crippen LogP contribution >= 0.6 is 23.2 Å². The average Bonchev–Trinajstić information content (AvgIpc) is 2.38. The first-order valence-corrected chi connectivity index (χ1v) is 6.51. The molecule has 0 radical (unpaired) electrons. The summed E-state index contributed by atoms with van der Waals surface area (Å²) in [5, 5.41) is 10.5. The summed E-state index contributed by atoms with van der Waals surface area (Å²) in [6.45, 7) is 0.662. The predicted molar refractivity (Wildman–Crippen MR) is 79.7 cm³/mol. The first-order chi connectivity index (χ1) is 9.10. The first-order valence-electron chi connectivity index (χ1n) is 5.75. The van der Waals surface area contributed by atoms with Crippen LogP contribution in [0.3, 0.4) is 0 Å². The molecule has 0 aliphatic rings. The van der Waals surface area contributed by atoms with Crippen molar-refractivity contribution in [1.29, 1.82) is 5.26 Å². The summed E-state index contributed by atoms with van der Waals surface area (Å²) in [7, 11) is 1.92. The molecule has 0 bridgehead atoms. The molecule has 0 saturated heterocycles. The van der Waals surface area contributed by atoms with Crippen LogP contribution in [0.15, 0.2) is 42.5 Å². The molecule has 4 heteroatoms. The van der Waals surface area contributed by atoms with Gasteiger partial charge in [-0.2, -0.15) is 5.26 Å². The van der Waals surface area contributed by atoms with Gasteiger partial charge in [-0.05, 0) is 35.9 Å². The van der Waals surface area contributed by atoms with E-state index < -0.39 is 0 Å². The van der Waals surface area contributed by atoms with Crippen LogP contribution in [0.1, 0.15) is 11.1 Å². The highest BCUT2D eigenvalue weighted by molar-refractivity contribution is 6.31. The fourth-order valence-electron chi connectivity index (χ4n) is 1.91. The van der Waals surface area contributed by atoms with Gasteiger partial charge in [-0.15, -0.1) is 0 Å². The van der Waals surface area contributed by atoms with Crippen molar-refractivity contribution in [3.63, 3.8) is 0 Å². The van der Waals surface area contributed by atoms with Crippen molar-refractivity contribution in [2.75, 3.05) is 11.9 Å². The molecule has 19 heavy (non-hydrogen) atoms. The SMILES string of the molecule is CN(Cc1cccc(Cl)c1)c1cc(Cl)ccc1C#N. The predicted octanol–water partition coefficient (Wildman–Crippen LogP) is 4.50. The highest BCUT2D eigenvalue weighted by Crippen LogP contribution is 2.25. The molecule has 0 spiro atoms. The number of benzene rings is 2. The van der Waals surface area contributed by atoms with E-state index in [1.54, 1.807) is 18.2 Å². The number of rotatable bonds is 3. The van der Waals surface area contributed by atoms with Gasteiger partial charge in [0, 0.05) is 23.6 Å². The van der Waals surface area contributed by atoms with Crippen LogP contribution in [0.2, 0.25) is 10.0 Å². The van der Waals surface area contributed by atoms with Crippen molar-refractivity contribution in [3.05, 3.63) is 63.6 Å². The Kier molecular flexibility index (Phi) is 4.31. The van der Waals surface area contributed by atoms with Gasteiger partial charge in [0.1, 0.15) is 6.07 Å². The third-order valence-corrected chi connectivity index (χ3v) is 3.27. The second-order valence-corrected chi connectivity index (χ2v) is 5.13. The molecule has 2 aromatic carbocycles. The Morgan fingerprint density at radius 2 is 1.84 bits per heavy atom. The number of nitrogens with zero attached hydrogens (tertiary/aromatic N) is 2. The lowest BCUT2D eigenvalue weighted by Crippen LogP contribution is -2.17. The van der Waals surface area contributed by atoms with E-state index in [2.05, 4.69) is 6.07 Å². The number of hydrogen-bond donors (Lipinski definition) is 0. The Morgan fingerprint density at radius 3 is 2.53 bits per heavy atom. The molecule has 0 saturated carbocycles. The molecule has 0 heterocycles. The van der Waals surface area contributed by atoms with Gasteiger partial charge < -0.3 is 4.90 Å². The second-order valence-electron chi connectivity index (χ2n) is 4.26. The number of nitriles is 1. The van der Waals surface area contributed by atoms with Crippen molar-refractivity contribution >= 4 is 28.9 Å². The first kappa shape index (κ1) is 13.7. The zero-order valence-corrected chi connectivity index (χ0v) is 11.9. The molecule has 0 unspecified atom stereocenters. The quantitative estimate of drug-likeness (QED) is 0.832. The Hall–Kier alpha value is -1.69. The maximum Gasteiger partial charge on any atom is 0.101 e. The minimum absolute atomic E-state index is 0.605. The summed E-state index contributed by atoms with van der Waals surface area (Å²) in [6.07, 6.45) is 0. The third-order valence-electron chi connectivity index (χ3n) is 2.80. The van der Waals surface area contributed by atoms with E-state index >= 15 is 0 Å². The van der Waals surface area contributed by atoms with Crippen LogP contribution in [0, 0.1) is 11.3 Å². The van der Waals surface area contributed by atoms with Gasteiger partial charge >= 0.3 is 0 Å². The lowest BCUT2D eigenvalue weighted by molar-refractivity contribution is 0.921. The van der Waals surface area contributed by atoms with Crippen LogP contribution in [-0.2, 0) is 6.54 Å². The summed E-state index contributed by atoms with van der Waals surface area (Å²) in [4.78, 5) is 1.98. The molecule has 0 N–H and O–H groups in total. The molecule has 0 atom stereocenters.